The van der Waals surface area contributed by atoms with Gasteiger partial charge in [0.15, 0.2) is 5.13 Å². The van der Waals surface area contributed by atoms with Crippen molar-refractivity contribution in [3.8, 4) is 11.5 Å². The van der Waals surface area contributed by atoms with Gasteiger partial charge in [0, 0.05) is 11.6 Å². The SMILES string of the molecule is CCc1ccc2nc(NC(=O)c3cc(OC)cc(OC)c3)sc2c1. The Morgan fingerprint density at radius 2 is 1.83 bits per heavy atom. The zero-order valence-corrected chi connectivity index (χ0v) is 14.6. The maximum absolute atomic E-state index is 12.5. The fourth-order valence-corrected chi connectivity index (χ4v) is 3.27. The summed E-state index contributed by atoms with van der Waals surface area (Å²) in [6.07, 6.45) is 0.971. The molecule has 3 rings (SSSR count). The van der Waals surface area contributed by atoms with E-state index in [2.05, 4.69) is 29.4 Å². The molecule has 5 nitrogen and oxygen atoms in total. The number of carbonyl (C=O) groups excluding carboxylic acids is 1. The van der Waals surface area contributed by atoms with Gasteiger partial charge >= 0.3 is 0 Å². The molecule has 124 valence electrons. The van der Waals surface area contributed by atoms with Gasteiger partial charge in [-0.25, -0.2) is 4.98 Å². The van der Waals surface area contributed by atoms with E-state index in [0.29, 0.717) is 22.2 Å². The predicted octanol–water partition coefficient (Wildman–Crippen LogP) is 4.13. The molecule has 0 atom stereocenters. The van der Waals surface area contributed by atoms with Crippen LogP contribution in [0.15, 0.2) is 36.4 Å². The quantitative estimate of drug-likeness (QED) is 0.757. The number of thiazole rings is 1. The van der Waals surface area contributed by atoms with Gasteiger partial charge in [0.2, 0.25) is 0 Å². The van der Waals surface area contributed by atoms with Gasteiger partial charge in [-0.15, -0.1) is 0 Å². The van der Waals surface area contributed by atoms with Gasteiger partial charge in [-0.3, -0.25) is 10.1 Å². The molecule has 0 unspecified atom stereocenters. The molecular weight excluding hydrogens is 324 g/mol. The van der Waals surface area contributed by atoms with Crippen LogP contribution in [0.3, 0.4) is 0 Å². The number of carbonyl (C=O) groups is 1. The molecule has 0 aliphatic heterocycles. The molecule has 2 aromatic carbocycles. The molecule has 24 heavy (non-hydrogen) atoms. The lowest BCUT2D eigenvalue weighted by atomic mass is 10.2. The van der Waals surface area contributed by atoms with Crippen molar-refractivity contribution in [2.24, 2.45) is 0 Å². The van der Waals surface area contributed by atoms with Gasteiger partial charge < -0.3 is 9.47 Å². The fraction of sp³-hybridized carbons (Fsp3) is 0.222. The summed E-state index contributed by atoms with van der Waals surface area (Å²) in [5.74, 6) is 0.884. The zero-order chi connectivity index (χ0) is 17.1. The monoisotopic (exact) mass is 342 g/mol. The first-order valence-corrected chi connectivity index (χ1v) is 8.38. The minimum absolute atomic E-state index is 0.248. The van der Waals surface area contributed by atoms with Gasteiger partial charge in [0.05, 0.1) is 24.4 Å². The molecule has 1 heterocycles. The highest BCUT2D eigenvalue weighted by Gasteiger charge is 2.13. The van der Waals surface area contributed by atoms with Gasteiger partial charge in [0.25, 0.3) is 5.91 Å². The Morgan fingerprint density at radius 3 is 2.46 bits per heavy atom. The average molecular weight is 342 g/mol. The summed E-state index contributed by atoms with van der Waals surface area (Å²) in [6.45, 7) is 2.11. The Morgan fingerprint density at radius 1 is 1.12 bits per heavy atom. The summed E-state index contributed by atoms with van der Waals surface area (Å²) in [7, 11) is 3.10. The first-order valence-electron chi connectivity index (χ1n) is 7.57. The van der Waals surface area contributed by atoms with E-state index in [4.69, 9.17) is 9.47 Å². The summed E-state index contributed by atoms with van der Waals surface area (Å²) in [5.41, 5.74) is 2.59. The van der Waals surface area contributed by atoms with Crippen LogP contribution in [0.1, 0.15) is 22.8 Å². The van der Waals surface area contributed by atoms with Crippen LogP contribution in [0, 0.1) is 0 Å². The number of benzene rings is 2. The second kappa shape index (κ2) is 6.88. The number of hydrogen-bond donors (Lipinski definition) is 1. The lowest BCUT2D eigenvalue weighted by Crippen LogP contribution is -2.12. The molecule has 0 bridgehead atoms. The number of amides is 1. The summed E-state index contributed by atoms with van der Waals surface area (Å²) >= 11 is 1.46. The number of aryl methyl sites for hydroxylation is 1. The van der Waals surface area contributed by atoms with Gasteiger partial charge in [-0.05, 0) is 36.2 Å². The van der Waals surface area contributed by atoms with Crippen LogP contribution < -0.4 is 14.8 Å². The highest BCUT2D eigenvalue weighted by molar-refractivity contribution is 7.22. The molecule has 3 aromatic rings. The van der Waals surface area contributed by atoms with Crippen molar-refractivity contribution in [1.82, 2.24) is 4.98 Å². The predicted molar refractivity (Wildman–Crippen MR) is 96.5 cm³/mol. The molecule has 1 amide bonds. The molecule has 0 saturated heterocycles. The number of aromatic nitrogens is 1. The van der Waals surface area contributed by atoms with Crippen LogP contribution in [0.4, 0.5) is 5.13 Å². The Kier molecular flexibility index (Phi) is 4.66. The molecule has 0 radical (unpaired) electrons. The van der Waals surface area contributed by atoms with Gasteiger partial charge in [0.1, 0.15) is 11.5 Å². The molecule has 0 fully saturated rings. The molecule has 6 heteroatoms. The van der Waals surface area contributed by atoms with E-state index in [-0.39, 0.29) is 5.91 Å². The first-order chi connectivity index (χ1) is 11.6. The number of anilines is 1. The number of hydrogen-bond acceptors (Lipinski definition) is 5. The molecule has 1 aromatic heterocycles. The van der Waals surface area contributed by atoms with Crippen LogP contribution in [0.2, 0.25) is 0 Å². The van der Waals surface area contributed by atoms with E-state index in [1.54, 1.807) is 32.4 Å². The Hall–Kier alpha value is -2.60. The molecule has 0 saturated carbocycles. The van der Waals surface area contributed by atoms with Crippen molar-refractivity contribution < 1.29 is 14.3 Å². The highest BCUT2D eigenvalue weighted by Crippen LogP contribution is 2.28. The number of methoxy groups -OCH3 is 2. The van der Waals surface area contributed by atoms with Crippen molar-refractivity contribution >= 4 is 32.6 Å². The number of rotatable bonds is 5. The number of ether oxygens (including phenoxy) is 2. The topological polar surface area (TPSA) is 60.5 Å². The normalized spacial score (nSPS) is 10.6. The second-order valence-electron chi connectivity index (χ2n) is 5.23. The smallest absolute Gasteiger partial charge is 0.257 e. The Bertz CT molecular complexity index is 867. The molecule has 1 N–H and O–H groups in total. The number of nitrogens with one attached hydrogen (secondary N) is 1. The third kappa shape index (κ3) is 3.33. The van der Waals surface area contributed by atoms with Crippen LogP contribution in [0.25, 0.3) is 10.2 Å². The van der Waals surface area contributed by atoms with E-state index in [0.717, 1.165) is 16.6 Å². The average Bonchev–Trinajstić information content (AvgIpc) is 3.02. The van der Waals surface area contributed by atoms with Crippen molar-refractivity contribution in [1.29, 1.82) is 0 Å². The van der Waals surface area contributed by atoms with Gasteiger partial charge in [-0.2, -0.15) is 0 Å². The fourth-order valence-electron chi connectivity index (χ4n) is 2.35. The maximum Gasteiger partial charge on any atom is 0.257 e. The number of fused-ring (bicyclic) bond motifs is 1. The highest BCUT2D eigenvalue weighted by atomic mass is 32.1. The summed E-state index contributed by atoms with van der Waals surface area (Å²) in [5, 5.41) is 3.42. The van der Waals surface area contributed by atoms with E-state index >= 15 is 0 Å². The van der Waals surface area contributed by atoms with Crippen molar-refractivity contribution in [3.63, 3.8) is 0 Å². The minimum Gasteiger partial charge on any atom is -0.497 e. The Labute approximate surface area is 144 Å². The van der Waals surface area contributed by atoms with Crippen molar-refractivity contribution in [3.05, 3.63) is 47.5 Å². The lowest BCUT2D eigenvalue weighted by Gasteiger charge is -2.07. The Balaban J connectivity index is 1.86. The van der Waals surface area contributed by atoms with E-state index < -0.39 is 0 Å². The molecule has 0 aliphatic rings. The van der Waals surface area contributed by atoms with Crippen LogP contribution in [-0.2, 0) is 6.42 Å². The van der Waals surface area contributed by atoms with Crippen molar-refractivity contribution in [2.75, 3.05) is 19.5 Å². The molecule has 0 spiro atoms. The number of nitrogens with zero attached hydrogens (tertiary/aromatic N) is 1. The second-order valence-corrected chi connectivity index (χ2v) is 6.26. The van der Waals surface area contributed by atoms with E-state index in [1.807, 2.05) is 6.07 Å². The van der Waals surface area contributed by atoms with Crippen molar-refractivity contribution in [2.45, 2.75) is 13.3 Å². The minimum atomic E-state index is -0.248. The van der Waals surface area contributed by atoms with Crippen LogP contribution in [-0.4, -0.2) is 25.1 Å². The van der Waals surface area contributed by atoms with Crippen LogP contribution >= 0.6 is 11.3 Å². The summed E-state index contributed by atoms with van der Waals surface area (Å²) < 4.78 is 11.5. The van der Waals surface area contributed by atoms with Gasteiger partial charge in [-0.1, -0.05) is 24.3 Å². The lowest BCUT2D eigenvalue weighted by molar-refractivity contribution is 0.102. The summed E-state index contributed by atoms with van der Waals surface area (Å²) in [6, 6.07) is 11.2. The maximum atomic E-state index is 12.5. The zero-order valence-electron chi connectivity index (χ0n) is 13.8. The van der Waals surface area contributed by atoms with Crippen LogP contribution in [0.5, 0.6) is 11.5 Å². The first kappa shape index (κ1) is 16.3. The molecule has 0 aliphatic carbocycles. The standard InChI is InChI=1S/C18H18N2O3S/c1-4-11-5-6-15-16(7-11)24-18(19-15)20-17(21)12-8-13(22-2)10-14(9-12)23-3/h5-10H,4H2,1-3H3,(H,19,20,21). The molecular formula is C18H18N2O3S. The third-order valence-corrected chi connectivity index (χ3v) is 4.63. The summed E-state index contributed by atoms with van der Waals surface area (Å²) in [4.78, 5) is 17.0. The third-order valence-electron chi connectivity index (χ3n) is 3.70. The van der Waals surface area contributed by atoms with E-state index in [9.17, 15) is 4.79 Å². The van der Waals surface area contributed by atoms with E-state index in [1.165, 1.54) is 16.9 Å². The largest absolute Gasteiger partial charge is 0.497 e.